The van der Waals surface area contributed by atoms with Crippen LogP contribution in [0.15, 0.2) is 24.3 Å². The Kier molecular flexibility index (Phi) is 1.99. The molecule has 20 heavy (non-hydrogen) atoms. The molecule has 5 rings (SSSR count). The maximum absolute atomic E-state index is 9.98. The third kappa shape index (κ3) is 1.20. The summed E-state index contributed by atoms with van der Waals surface area (Å²) in [5.74, 6) is 1.81. The fraction of sp³-hybridized carbons (Fsp3) is 0.500. The molecule has 0 aromatic heterocycles. The zero-order valence-corrected chi connectivity index (χ0v) is 11.2. The van der Waals surface area contributed by atoms with Crippen LogP contribution < -0.4 is 9.47 Å². The summed E-state index contributed by atoms with van der Waals surface area (Å²) in [6.45, 7) is 2.37. The number of hydrogen-bond donors (Lipinski definition) is 1. The van der Waals surface area contributed by atoms with Crippen molar-refractivity contribution in [3.8, 4) is 11.5 Å². The first-order valence-electron chi connectivity index (χ1n) is 7.31. The van der Waals surface area contributed by atoms with Crippen LogP contribution in [0.1, 0.15) is 24.0 Å². The van der Waals surface area contributed by atoms with Crippen LogP contribution in [0.3, 0.4) is 0 Å². The topological polar surface area (TPSA) is 41.9 Å². The van der Waals surface area contributed by atoms with E-state index in [1.807, 2.05) is 12.1 Å². The van der Waals surface area contributed by atoms with Crippen LogP contribution in [0.4, 0.5) is 0 Å². The molecule has 4 atom stereocenters. The van der Waals surface area contributed by atoms with E-state index in [1.165, 1.54) is 11.1 Å². The zero-order chi connectivity index (χ0) is 13.3. The maximum atomic E-state index is 9.98. The van der Waals surface area contributed by atoms with Crippen molar-refractivity contribution in [3.63, 3.8) is 0 Å². The second-order valence-electron chi connectivity index (χ2n) is 6.27. The van der Waals surface area contributed by atoms with E-state index in [9.17, 15) is 5.11 Å². The molecule has 1 fully saturated rings. The van der Waals surface area contributed by atoms with Gasteiger partial charge in [-0.3, -0.25) is 4.90 Å². The van der Waals surface area contributed by atoms with Gasteiger partial charge in [0.15, 0.2) is 11.5 Å². The number of aliphatic hydroxyl groups excluding tert-OH is 1. The highest BCUT2D eigenvalue weighted by molar-refractivity contribution is 5.60. The summed E-state index contributed by atoms with van der Waals surface area (Å²) in [5.41, 5.74) is 2.67. The predicted octanol–water partition coefficient (Wildman–Crippen LogP) is 1.56. The van der Waals surface area contributed by atoms with Crippen LogP contribution in [-0.2, 0) is 12.0 Å². The molecule has 1 unspecified atom stereocenters. The highest BCUT2D eigenvalue weighted by Gasteiger charge is 2.54. The monoisotopic (exact) mass is 271 g/mol. The molecule has 3 aliphatic heterocycles. The van der Waals surface area contributed by atoms with Gasteiger partial charge in [0.25, 0.3) is 0 Å². The molecule has 4 heteroatoms. The fourth-order valence-electron chi connectivity index (χ4n) is 4.56. The van der Waals surface area contributed by atoms with Gasteiger partial charge in [-0.2, -0.15) is 0 Å². The molecule has 4 nitrogen and oxygen atoms in total. The van der Waals surface area contributed by atoms with Gasteiger partial charge in [0.2, 0.25) is 6.79 Å². The van der Waals surface area contributed by atoms with Crippen LogP contribution in [0, 0.1) is 0 Å². The van der Waals surface area contributed by atoms with Gasteiger partial charge in [-0.05, 0) is 24.5 Å². The Morgan fingerprint density at radius 3 is 3.20 bits per heavy atom. The Balaban J connectivity index is 1.79. The molecule has 1 aromatic carbocycles. The van der Waals surface area contributed by atoms with Crippen LogP contribution >= 0.6 is 0 Å². The second-order valence-corrected chi connectivity index (χ2v) is 6.27. The van der Waals surface area contributed by atoms with Crippen LogP contribution in [0.2, 0.25) is 0 Å². The van der Waals surface area contributed by atoms with Crippen molar-refractivity contribution in [2.45, 2.75) is 36.9 Å². The largest absolute Gasteiger partial charge is 0.454 e. The molecule has 2 bridgehead atoms. The molecule has 1 aromatic rings. The Hall–Kier alpha value is -1.52. The molecule has 1 saturated heterocycles. The van der Waals surface area contributed by atoms with E-state index in [0.717, 1.165) is 37.4 Å². The van der Waals surface area contributed by atoms with Gasteiger partial charge in [0.05, 0.1) is 6.10 Å². The van der Waals surface area contributed by atoms with Gasteiger partial charge in [-0.1, -0.05) is 18.2 Å². The molecule has 4 aliphatic rings. The summed E-state index contributed by atoms with van der Waals surface area (Å²) < 4.78 is 11.3. The first-order valence-corrected chi connectivity index (χ1v) is 7.31. The number of hydrogen-bond acceptors (Lipinski definition) is 4. The van der Waals surface area contributed by atoms with Crippen LogP contribution in [-0.4, -0.2) is 35.5 Å². The molecule has 1 aliphatic carbocycles. The average Bonchev–Trinajstić information content (AvgIpc) is 3.02. The molecule has 104 valence electrons. The SMILES string of the molecule is O[C@@H]1C=C[C@]23CCN(Cc4ccc5c(c42)OCO5)[C@H]3C1. The third-order valence-electron chi connectivity index (χ3n) is 5.39. The van der Waals surface area contributed by atoms with Crippen LogP contribution in [0.5, 0.6) is 11.5 Å². The Morgan fingerprint density at radius 1 is 1.30 bits per heavy atom. The van der Waals surface area contributed by atoms with E-state index in [2.05, 4.69) is 17.0 Å². The highest BCUT2D eigenvalue weighted by Crippen LogP contribution is 2.56. The summed E-state index contributed by atoms with van der Waals surface area (Å²) in [4.78, 5) is 2.51. The number of nitrogens with zero attached hydrogens (tertiary/aromatic N) is 1. The van der Waals surface area contributed by atoms with Gasteiger partial charge in [0.1, 0.15) is 0 Å². The van der Waals surface area contributed by atoms with Gasteiger partial charge in [-0.15, -0.1) is 0 Å². The van der Waals surface area contributed by atoms with Crippen molar-refractivity contribution in [2.75, 3.05) is 13.3 Å². The minimum atomic E-state index is -0.316. The van der Waals surface area contributed by atoms with Crippen molar-refractivity contribution in [3.05, 3.63) is 35.4 Å². The number of fused-ring (bicyclic) bond motifs is 3. The lowest BCUT2D eigenvalue weighted by molar-refractivity contribution is 0.108. The second kappa shape index (κ2) is 3.57. The molecule has 1 N–H and O–H groups in total. The van der Waals surface area contributed by atoms with Gasteiger partial charge in [-0.25, -0.2) is 0 Å². The van der Waals surface area contributed by atoms with E-state index in [1.54, 1.807) is 0 Å². The lowest BCUT2D eigenvalue weighted by Gasteiger charge is -2.45. The first kappa shape index (κ1) is 11.2. The Labute approximate surface area is 117 Å². The number of aliphatic hydroxyl groups is 1. The lowest BCUT2D eigenvalue weighted by Crippen LogP contribution is -2.49. The Bertz CT molecular complexity index is 626. The van der Waals surface area contributed by atoms with Crippen molar-refractivity contribution in [2.24, 2.45) is 0 Å². The maximum Gasteiger partial charge on any atom is 0.231 e. The molecular formula is C16H17NO3. The summed E-state index contributed by atoms with van der Waals surface area (Å²) >= 11 is 0. The summed E-state index contributed by atoms with van der Waals surface area (Å²) in [7, 11) is 0. The minimum absolute atomic E-state index is 0.00581. The third-order valence-corrected chi connectivity index (χ3v) is 5.39. The Morgan fingerprint density at radius 2 is 2.25 bits per heavy atom. The highest BCUT2D eigenvalue weighted by atomic mass is 16.7. The fourth-order valence-corrected chi connectivity index (χ4v) is 4.56. The molecular weight excluding hydrogens is 254 g/mol. The van der Waals surface area contributed by atoms with Crippen molar-refractivity contribution in [1.82, 2.24) is 4.90 Å². The molecule has 0 spiro atoms. The molecule has 0 saturated carbocycles. The van der Waals surface area contributed by atoms with E-state index in [-0.39, 0.29) is 11.5 Å². The van der Waals surface area contributed by atoms with Crippen molar-refractivity contribution < 1.29 is 14.6 Å². The number of ether oxygens (including phenoxy) is 2. The minimum Gasteiger partial charge on any atom is -0.454 e. The average molecular weight is 271 g/mol. The molecule has 3 heterocycles. The molecule has 0 amide bonds. The number of rotatable bonds is 0. The van der Waals surface area contributed by atoms with Gasteiger partial charge in [0, 0.05) is 30.1 Å². The molecule has 0 radical (unpaired) electrons. The normalized spacial score (nSPS) is 39.5. The number of benzene rings is 1. The zero-order valence-electron chi connectivity index (χ0n) is 11.2. The van der Waals surface area contributed by atoms with Gasteiger partial charge >= 0.3 is 0 Å². The summed E-state index contributed by atoms with van der Waals surface area (Å²) in [5, 5.41) is 9.98. The van der Waals surface area contributed by atoms with Crippen molar-refractivity contribution in [1.29, 1.82) is 0 Å². The van der Waals surface area contributed by atoms with E-state index < -0.39 is 0 Å². The van der Waals surface area contributed by atoms with Crippen molar-refractivity contribution >= 4 is 0 Å². The summed E-state index contributed by atoms with van der Waals surface area (Å²) in [6, 6.07) is 4.60. The standard InChI is InChI=1S/C16H17NO3/c18-11-3-4-16-5-6-17(13(16)7-11)8-10-1-2-12-15(14(10)16)20-9-19-12/h1-4,11,13,18H,5-9H2/t11-,13+,16-/m1/s1. The van der Waals surface area contributed by atoms with E-state index in [0.29, 0.717) is 12.8 Å². The van der Waals surface area contributed by atoms with E-state index in [4.69, 9.17) is 9.47 Å². The predicted molar refractivity (Wildman–Crippen MR) is 72.8 cm³/mol. The first-order chi connectivity index (χ1) is 9.78. The lowest BCUT2D eigenvalue weighted by atomic mass is 9.66. The smallest absolute Gasteiger partial charge is 0.231 e. The van der Waals surface area contributed by atoms with Gasteiger partial charge < -0.3 is 14.6 Å². The van der Waals surface area contributed by atoms with E-state index >= 15 is 0 Å². The van der Waals surface area contributed by atoms with Crippen LogP contribution in [0.25, 0.3) is 0 Å². The quantitative estimate of drug-likeness (QED) is 0.727. The summed E-state index contributed by atoms with van der Waals surface area (Å²) in [6.07, 6.45) is 5.80.